The second-order valence-electron chi connectivity index (χ2n) is 2.35. The van der Waals surface area contributed by atoms with Crippen LogP contribution in [0.15, 0.2) is 34.6 Å². The summed E-state index contributed by atoms with van der Waals surface area (Å²) in [5, 5.41) is 8.25. The molecule has 1 N–H and O–H groups in total. The Hall–Kier alpha value is -1.16. The number of carboxylic acids is 1. The summed E-state index contributed by atoms with van der Waals surface area (Å²) in [5.74, 6) is -2.72. The van der Waals surface area contributed by atoms with Crippen LogP contribution in [0, 0.1) is 0 Å². The molecule has 68 valence electrons. The molecule has 0 spiro atoms. The van der Waals surface area contributed by atoms with Gasteiger partial charge in [0, 0.05) is 4.47 Å². The average Bonchev–Trinajstić information content (AvgIpc) is 2.08. The molecule has 0 fully saturated rings. The fraction of sp³-hybridized carbons (Fsp3) is 0. The van der Waals surface area contributed by atoms with Gasteiger partial charge < -0.3 is 5.11 Å². The molecule has 1 rings (SSSR count). The number of benzene rings is 1. The second-order valence-corrected chi connectivity index (χ2v) is 3.26. The van der Waals surface area contributed by atoms with Crippen LogP contribution in [-0.4, -0.2) is 11.1 Å². The van der Waals surface area contributed by atoms with Gasteiger partial charge in [-0.15, -0.1) is 0 Å². The first-order valence-electron chi connectivity index (χ1n) is 3.45. The van der Waals surface area contributed by atoms with E-state index in [1.54, 1.807) is 24.3 Å². The molecule has 0 amide bonds. The molecule has 0 saturated carbocycles. The van der Waals surface area contributed by atoms with E-state index in [1.807, 2.05) is 0 Å². The molecule has 0 unspecified atom stereocenters. The quantitative estimate of drug-likeness (QED) is 0.813. The standard InChI is InChI=1S/C9H6BrFO2/c10-7-3-1-6(2-4-7)5-8(11)9(12)13/h1-5H,(H,12,13)/b8-5+. The molecule has 13 heavy (non-hydrogen) atoms. The Morgan fingerprint density at radius 2 is 1.92 bits per heavy atom. The van der Waals surface area contributed by atoms with E-state index in [2.05, 4.69) is 15.9 Å². The lowest BCUT2D eigenvalue weighted by Gasteiger charge is -1.93. The molecular weight excluding hydrogens is 239 g/mol. The van der Waals surface area contributed by atoms with Gasteiger partial charge in [-0.25, -0.2) is 4.79 Å². The normalized spacial score (nSPS) is 11.4. The molecule has 1 aromatic rings. The van der Waals surface area contributed by atoms with E-state index in [0.717, 1.165) is 10.5 Å². The Morgan fingerprint density at radius 1 is 1.38 bits per heavy atom. The van der Waals surface area contributed by atoms with Crippen molar-refractivity contribution >= 4 is 28.0 Å². The van der Waals surface area contributed by atoms with E-state index in [0.29, 0.717) is 5.56 Å². The topological polar surface area (TPSA) is 37.3 Å². The predicted octanol–water partition coefficient (Wildman–Crippen LogP) is 2.84. The van der Waals surface area contributed by atoms with Crippen molar-refractivity contribution in [3.8, 4) is 0 Å². The maximum Gasteiger partial charge on any atom is 0.364 e. The van der Waals surface area contributed by atoms with E-state index in [4.69, 9.17) is 5.11 Å². The van der Waals surface area contributed by atoms with Crippen molar-refractivity contribution in [1.82, 2.24) is 0 Å². The van der Waals surface area contributed by atoms with E-state index in [1.165, 1.54) is 0 Å². The number of aliphatic carboxylic acids is 1. The van der Waals surface area contributed by atoms with Crippen molar-refractivity contribution in [1.29, 1.82) is 0 Å². The van der Waals surface area contributed by atoms with Crippen molar-refractivity contribution in [3.05, 3.63) is 40.1 Å². The van der Waals surface area contributed by atoms with Crippen LogP contribution in [0.4, 0.5) is 4.39 Å². The largest absolute Gasteiger partial charge is 0.476 e. The Morgan fingerprint density at radius 3 is 2.38 bits per heavy atom. The highest BCUT2D eigenvalue weighted by Gasteiger charge is 2.04. The SMILES string of the molecule is O=C(O)/C(F)=C\c1ccc(Br)cc1. The van der Waals surface area contributed by atoms with Crippen LogP contribution < -0.4 is 0 Å². The Labute approximate surface area is 82.8 Å². The maximum atomic E-state index is 12.6. The zero-order valence-electron chi connectivity index (χ0n) is 6.50. The zero-order chi connectivity index (χ0) is 9.84. The van der Waals surface area contributed by atoms with Gasteiger partial charge >= 0.3 is 5.97 Å². The molecule has 1 aromatic carbocycles. The van der Waals surface area contributed by atoms with Crippen molar-refractivity contribution in [2.45, 2.75) is 0 Å². The van der Waals surface area contributed by atoms with Crippen molar-refractivity contribution < 1.29 is 14.3 Å². The first kappa shape index (κ1) is 9.92. The number of carboxylic acid groups (broad SMARTS) is 1. The highest BCUT2D eigenvalue weighted by molar-refractivity contribution is 9.10. The third-order valence-electron chi connectivity index (χ3n) is 1.37. The Bertz CT molecular complexity index is 343. The van der Waals surface area contributed by atoms with E-state index in [9.17, 15) is 9.18 Å². The van der Waals surface area contributed by atoms with Gasteiger partial charge in [0.25, 0.3) is 0 Å². The Kier molecular flexibility index (Phi) is 3.19. The van der Waals surface area contributed by atoms with Crippen LogP contribution >= 0.6 is 15.9 Å². The van der Waals surface area contributed by atoms with Gasteiger partial charge in [0.05, 0.1) is 0 Å². The Balaban J connectivity index is 2.92. The van der Waals surface area contributed by atoms with Gasteiger partial charge in [-0.3, -0.25) is 0 Å². The summed E-state index contributed by atoms with van der Waals surface area (Å²) in [7, 11) is 0. The van der Waals surface area contributed by atoms with Gasteiger partial charge in [-0.05, 0) is 23.8 Å². The number of hydrogen-bond acceptors (Lipinski definition) is 1. The molecule has 0 bridgehead atoms. The third kappa shape index (κ3) is 2.99. The molecule has 0 aliphatic heterocycles. The minimum Gasteiger partial charge on any atom is -0.476 e. The first-order chi connectivity index (χ1) is 6.09. The molecule has 0 aliphatic carbocycles. The summed E-state index contributed by atoms with van der Waals surface area (Å²) in [5.41, 5.74) is 0.517. The molecule has 4 heteroatoms. The molecule has 0 atom stereocenters. The molecule has 0 aromatic heterocycles. The minimum absolute atomic E-state index is 0.517. The van der Waals surface area contributed by atoms with Crippen molar-refractivity contribution in [2.24, 2.45) is 0 Å². The van der Waals surface area contributed by atoms with Crippen LogP contribution in [0.3, 0.4) is 0 Å². The lowest BCUT2D eigenvalue weighted by Crippen LogP contribution is -1.93. The van der Waals surface area contributed by atoms with Gasteiger partial charge in [0.2, 0.25) is 5.83 Å². The third-order valence-corrected chi connectivity index (χ3v) is 1.90. The van der Waals surface area contributed by atoms with Crippen molar-refractivity contribution in [3.63, 3.8) is 0 Å². The van der Waals surface area contributed by atoms with E-state index >= 15 is 0 Å². The monoisotopic (exact) mass is 244 g/mol. The number of carbonyl (C=O) groups is 1. The van der Waals surface area contributed by atoms with Crippen LogP contribution in [0.2, 0.25) is 0 Å². The summed E-state index contributed by atoms with van der Waals surface area (Å²) in [6.45, 7) is 0. The summed E-state index contributed by atoms with van der Waals surface area (Å²) < 4.78 is 13.4. The number of rotatable bonds is 2. The molecule has 0 radical (unpaired) electrons. The van der Waals surface area contributed by atoms with Gasteiger partial charge in [0.1, 0.15) is 0 Å². The summed E-state index contributed by atoms with van der Waals surface area (Å²) in [6, 6.07) is 6.65. The lowest BCUT2D eigenvalue weighted by atomic mass is 10.2. The zero-order valence-corrected chi connectivity index (χ0v) is 8.08. The molecule has 0 aliphatic rings. The molecule has 0 saturated heterocycles. The molecular formula is C9H6BrFO2. The van der Waals surface area contributed by atoms with Crippen LogP contribution in [-0.2, 0) is 4.79 Å². The van der Waals surface area contributed by atoms with Gasteiger partial charge in [-0.1, -0.05) is 28.1 Å². The summed E-state index contributed by atoms with van der Waals surface area (Å²) >= 11 is 3.21. The molecule has 2 nitrogen and oxygen atoms in total. The molecule has 0 heterocycles. The maximum absolute atomic E-state index is 12.6. The summed E-state index contributed by atoms with van der Waals surface area (Å²) in [4.78, 5) is 10.1. The van der Waals surface area contributed by atoms with Crippen LogP contribution in [0.25, 0.3) is 6.08 Å². The number of halogens is 2. The van der Waals surface area contributed by atoms with Crippen LogP contribution in [0.5, 0.6) is 0 Å². The fourth-order valence-corrected chi connectivity index (χ4v) is 1.03. The van der Waals surface area contributed by atoms with Crippen LogP contribution in [0.1, 0.15) is 5.56 Å². The highest BCUT2D eigenvalue weighted by atomic mass is 79.9. The summed E-state index contributed by atoms with van der Waals surface area (Å²) in [6.07, 6.45) is 0.967. The predicted molar refractivity (Wildman–Crippen MR) is 50.9 cm³/mol. The minimum atomic E-state index is -1.55. The number of hydrogen-bond donors (Lipinski definition) is 1. The average molecular weight is 245 g/mol. The van der Waals surface area contributed by atoms with E-state index in [-0.39, 0.29) is 0 Å². The van der Waals surface area contributed by atoms with Crippen molar-refractivity contribution in [2.75, 3.05) is 0 Å². The fourth-order valence-electron chi connectivity index (χ4n) is 0.767. The van der Waals surface area contributed by atoms with Gasteiger partial charge in [-0.2, -0.15) is 4.39 Å². The van der Waals surface area contributed by atoms with Gasteiger partial charge in [0.15, 0.2) is 0 Å². The highest BCUT2D eigenvalue weighted by Crippen LogP contribution is 2.13. The second kappa shape index (κ2) is 4.18. The van der Waals surface area contributed by atoms with E-state index < -0.39 is 11.8 Å². The smallest absolute Gasteiger partial charge is 0.364 e. The lowest BCUT2D eigenvalue weighted by molar-refractivity contribution is -0.134. The first-order valence-corrected chi connectivity index (χ1v) is 4.25.